The number of hydrogen-bond acceptors (Lipinski definition) is 4. The van der Waals surface area contributed by atoms with E-state index in [-0.39, 0.29) is 12.2 Å². The van der Waals surface area contributed by atoms with Crippen molar-refractivity contribution in [1.29, 1.82) is 0 Å². The van der Waals surface area contributed by atoms with Crippen LogP contribution in [0.4, 0.5) is 8.78 Å². The van der Waals surface area contributed by atoms with E-state index < -0.39 is 16.9 Å². The molecular weight excluding hydrogens is 242 g/mol. The van der Waals surface area contributed by atoms with Crippen LogP contribution in [0.1, 0.15) is 18.4 Å². The first-order valence-corrected chi connectivity index (χ1v) is 6.49. The van der Waals surface area contributed by atoms with Crippen molar-refractivity contribution in [1.82, 2.24) is 10.2 Å². The maximum atomic E-state index is 11.7. The molecular formula is C8H10F2N2OS2. The number of rotatable bonds is 5. The van der Waals surface area contributed by atoms with Crippen LogP contribution in [-0.2, 0) is 17.2 Å². The van der Waals surface area contributed by atoms with Crippen LogP contribution in [0.15, 0.2) is 16.5 Å². The molecule has 0 spiro atoms. The highest BCUT2D eigenvalue weighted by molar-refractivity contribution is 7.87. The molecule has 0 bridgehead atoms. The number of hydrogen-bond donors (Lipinski definition) is 0. The lowest BCUT2D eigenvalue weighted by atomic mass is 10.5. The Balaban J connectivity index is 2.50. The Kier molecular flexibility index (Phi) is 4.97. The Morgan fingerprint density at radius 2 is 2.27 bits per heavy atom. The molecule has 0 amide bonds. The smallest absolute Gasteiger partial charge is 0.252 e. The molecule has 1 rings (SSSR count). The first-order valence-electron chi connectivity index (χ1n) is 4.35. The molecule has 0 radical (unpaired) electrons. The molecule has 1 unspecified atom stereocenters. The summed E-state index contributed by atoms with van der Waals surface area (Å²) in [5.41, 5.74) is 0. The van der Waals surface area contributed by atoms with E-state index >= 15 is 0 Å². The Hall–Kier alpha value is -0.690. The summed E-state index contributed by atoms with van der Waals surface area (Å²) < 4.78 is 35.3. The van der Waals surface area contributed by atoms with Gasteiger partial charge >= 0.3 is 0 Å². The summed E-state index contributed by atoms with van der Waals surface area (Å²) in [6, 6.07) is 0. The maximum Gasteiger partial charge on any atom is 0.266 e. The average molecular weight is 252 g/mol. The van der Waals surface area contributed by atoms with Crippen molar-refractivity contribution in [3.63, 3.8) is 0 Å². The number of halogens is 2. The van der Waals surface area contributed by atoms with Gasteiger partial charge < -0.3 is 0 Å². The summed E-state index contributed by atoms with van der Waals surface area (Å²) in [4.78, 5) is 0. The zero-order valence-electron chi connectivity index (χ0n) is 8.07. The van der Waals surface area contributed by atoms with Gasteiger partial charge in [-0.05, 0) is 18.9 Å². The first kappa shape index (κ1) is 12.4. The number of aromatic nitrogens is 2. The molecule has 1 aromatic rings. The van der Waals surface area contributed by atoms with Crippen LogP contribution < -0.4 is 0 Å². The van der Waals surface area contributed by atoms with E-state index in [0.29, 0.717) is 4.34 Å². The van der Waals surface area contributed by atoms with Crippen molar-refractivity contribution in [2.24, 2.45) is 0 Å². The fourth-order valence-electron chi connectivity index (χ4n) is 0.835. The molecule has 0 saturated heterocycles. The summed E-state index contributed by atoms with van der Waals surface area (Å²) in [5, 5.41) is 8.37. The molecule has 3 nitrogen and oxygen atoms in total. The van der Waals surface area contributed by atoms with Gasteiger partial charge in [0.2, 0.25) is 4.34 Å². The second-order valence-electron chi connectivity index (χ2n) is 2.65. The largest absolute Gasteiger partial charge is 0.266 e. The van der Waals surface area contributed by atoms with Gasteiger partial charge in [-0.15, -0.1) is 10.2 Å². The minimum absolute atomic E-state index is 0.0932. The zero-order chi connectivity index (χ0) is 11.3. The molecule has 1 heterocycles. The minimum atomic E-state index is -1.74. The number of allylic oxidation sites excluding steroid dienone is 1. The highest BCUT2D eigenvalue weighted by atomic mass is 32.2. The van der Waals surface area contributed by atoms with Gasteiger partial charge in [-0.25, -0.2) is 0 Å². The summed E-state index contributed by atoms with van der Waals surface area (Å²) >= 11 is 1.27. The predicted octanol–water partition coefficient (Wildman–Crippen LogP) is 2.38. The van der Waals surface area contributed by atoms with Crippen LogP contribution in [-0.4, -0.2) is 20.2 Å². The van der Waals surface area contributed by atoms with Crippen molar-refractivity contribution in [3.8, 4) is 0 Å². The fraction of sp³-hybridized carbons (Fsp3) is 0.500. The minimum Gasteiger partial charge on any atom is -0.252 e. The van der Waals surface area contributed by atoms with Gasteiger partial charge in [0.05, 0.1) is 10.8 Å². The van der Waals surface area contributed by atoms with Crippen LogP contribution in [0.5, 0.6) is 0 Å². The van der Waals surface area contributed by atoms with Crippen molar-refractivity contribution in [3.05, 3.63) is 17.2 Å². The third kappa shape index (κ3) is 4.13. The SMILES string of the molecule is CCc1nnc(S(=O)CCC=C(F)F)s1. The standard InChI is InChI=1S/C8H10F2N2OS2/c1-2-7-11-12-8(14-7)15(13)5-3-4-6(9)10/h4H,2-3,5H2,1H3. The molecule has 0 aliphatic rings. The Morgan fingerprint density at radius 1 is 1.53 bits per heavy atom. The third-order valence-electron chi connectivity index (χ3n) is 1.55. The summed E-state index contributed by atoms with van der Waals surface area (Å²) in [5.74, 6) is 0.162. The van der Waals surface area contributed by atoms with E-state index in [2.05, 4.69) is 10.2 Å². The number of nitrogens with zero attached hydrogens (tertiary/aromatic N) is 2. The van der Waals surface area contributed by atoms with E-state index in [0.717, 1.165) is 17.5 Å². The Bertz CT molecular complexity index is 374. The molecule has 0 fully saturated rings. The lowest BCUT2D eigenvalue weighted by Gasteiger charge is -1.92. The second kappa shape index (κ2) is 6.02. The molecule has 7 heteroatoms. The van der Waals surface area contributed by atoms with Crippen LogP contribution in [0.3, 0.4) is 0 Å². The molecule has 84 valence electrons. The predicted molar refractivity (Wildman–Crippen MR) is 55.5 cm³/mol. The highest BCUT2D eigenvalue weighted by Gasteiger charge is 2.09. The molecule has 1 aromatic heterocycles. The Labute approximate surface area is 92.7 Å². The molecule has 1 atom stereocenters. The first-order chi connectivity index (χ1) is 7.13. The van der Waals surface area contributed by atoms with Crippen molar-refractivity contribution in [2.75, 3.05) is 5.75 Å². The lowest BCUT2D eigenvalue weighted by molar-refractivity contribution is 0.418. The Morgan fingerprint density at radius 3 is 2.80 bits per heavy atom. The third-order valence-corrected chi connectivity index (χ3v) is 4.29. The van der Waals surface area contributed by atoms with E-state index in [1.54, 1.807) is 0 Å². The van der Waals surface area contributed by atoms with Gasteiger partial charge in [-0.3, -0.25) is 4.21 Å². The normalized spacial score (nSPS) is 12.5. The summed E-state index contributed by atoms with van der Waals surface area (Å²) in [6.45, 7) is 1.93. The van der Waals surface area contributed by atoms with Crippen LogP contribution in [0.25, 0.3) is 0 Å². The lowest BCUT2D eigenvalue weighted by Crippen LogP contribution is -1.96. The van der Waals surface area contributed by atoms with Gasteiger partial charge in [-0.1, -0.05) is 18.3 Å². The van der Waals surface area contributed by atoms with Crippen LogP contribution in [0.2, 0.25) is 0 Å². The van der Waals surface area contributed by atoms with E-state index in [4.69, 9.17) is 0 Å². The van der Waals surface area contributed by atoms with Gasteiger partial charge in [0.25, 0.3) is 6.08 Å². The molecule has 0 aliphatic heterocycles. The molecule has 0 saturated carbocycles. The van der Waals surface area contributed by atoms with Crippen molar-refractivity contribution < 1.29 is 13.0 Å². The topological polar surface area (TPSA) is 42.9 Å². The van der Waals surface area contributed by atoms with Gasteiger partial charge in [0, 0.05) is 5.75 Å². The molecule has 0 N–H and O–H groups in total. The second-order valence-corrected chi connectivity index (χ2v) is 5.45. The fourth-order valence-corrected chi connectivity index (χ4v) is 2.89. The zero-order valence-corrected chi connectivity index (χ0v) is 9.71. The summed E-state index contributed by atoms with van der Waals surface area (Å²) in [7, 11) is -1.31. The van der Waals surface area contributed by atoms with E-state index in [1.807, 2.05) is 6.92 Å². The van der Waals surface area contributed by atoms with Crippen molar-refractivity contribution >= 4 is 22.1 Å². The van der Waals surface area contributed by atoms with Crippen LogP contribution >= 0.6 is 11.3 Å². The molecule has 0 aromatic carbocycles. The maximum absolute atomic E-state index is 11.7. The quantitative estimate of drug-likeness (QED) is 0.808. The van der Waals surface area contributed by atoms with Crippen molar-refractivity contribution in [2.45, 2.75) is 24.1 Å². The van der Waals surface area contributed by atoms with E-state index in [1.165, 1.54) is 11.3 Å². The monoisotopic (exact) mass is 252 g/mol. The highest BCUT2D eigenvalue weighted by Crippen LogP contribution is 2.15. The average Bonchev–Trinajstić information content (AvgIpc) is 2.65. The molecule has 0 aliphatic carbocycles. The van der Waals surface area contributed by atoms with Gasteiger partial charge in [0.1, 0.15) is 5.01 Å². The molecule has 15 heavy (non-hydrogen) atoms. The number of aryl methyl sites for hydroxylation is 1. The van der Waals surface area contributed by atoms with E-state index in [9.17, 15) is 13.0 Å². The summed E-state index contributed by atoms with van der Waals surface area (Å²) in [6.07, 6.45) is -0.137. The van der Waals surface area contributed by atoms with Gasteiger partial charge in [0.15, 0.2) is 0 Å². The van der Waals surface area contributed by atoms with Gasteiger partial charge in [-0.2, -0.15) is 8.78 Å². The van der Waals surface area contributed by atoms with Crippen LogP contribution in [0, 0.1) is 0 Å².